The van der Waals surface area contributed by atoms with Crippen LogP contribution < -0.4 is 0 Å². The molecule has 1 nitrogen and oxygen atoms in total. The van der Waals surface area contributed by atoms with Crippen molar-refractivity contribution < 1.29 is 57.8 Å². The highest BCUT2D eigenvalue weighted by Crippen LogP contribution is 2.55. The largest absolute Gasteiger partial charge is 0.642 e. The van der Waals surface area contributed by atoms with Crippen molar-refractivity contribution in [3.8, 4) is 0 Å². The van der Waals surface area contributed by atoms with Crippen LogP contribution in [0.3, 0.4) is 0 Å². The predicted molar refractivity (Wildman–Crippen MR) is 24.5 cm³/mol. The fourth-order valence-corrected chi connectivity index (χ4v) is 0.506. The third-order valence-corrected chi connectivity index (χ3v) is 1.40. The number of hydrogen-bond donors (Lipinski definition) is 0. The zero-order valence-corrected chi connectivity index (χ0v) is 6.98. The van der Waals surface area contributed by atoms with Crippen molar-refractivity contribution >= 4 is 0 Å². The number of quaternary nitrogens is 1. The molecule has 104 valence electrons. The molecule has 0 bridgehead atoms. The van der Waals surface area contributed by atoms with Gasteiger partial charge in [0.1, 0.15) is 0 Å². The Balaban J connectivity index is 5.73. The van der Waals surface area contributed by atoms with Crippen molar-refractivity contribution in [2.24, 2.45) is 0 Å². The average Bonchev–Trinajstić information content (AvgIpc) is 1.98. The minimum absolute atomic E-state index is 6.79. The Kier molecular flexibility index (Phi) is 3.37. The monoisotopic (exact) mass is 290 g/mol. The fourth-order valence-electron chi connectivity index (χ4n) is 0.506. The minimum Gasteiger partial charge on any atom is -0.183 e. The van der Waals surface area contributed by atoms with Crippen LogP contribution in [0.1, 0.15) is 0 Å². The van der Waals surface area contributed by atoms with Gasteiger partial charge in [-0.15, -0.1) is 22.0 Å². The molecule has 17 heavy (non-hydrogen) atoms. The van der Waals surface area contributed by atoms with Gasteiger partial charge in [-0.25, -0.2) is 0 Å². The first-order valence-electron chi connectivity index (χ1n) is 3.18. The maximum absolute atomic E-state index is 12.0. The van der Waals surface area contributed by atoms with E-state index in [4.69, 9.17) is 0 Å². The highest BCUT2D eigenvalue weighted by molar-refractivity contribution is 4.84. The summed E-state index contributed by atoms with van der Waals surface area (Å²) < 4.78 is 139. The average molecular weight is 290 g/mol. The van der Waals surface area contributed by atoms with Crippen LogP contribution in [0.25, 0.3) is 0 Å². The van der Waals surface area contributed by atoms with Crippen LogP contribution in [-0.2, 0) is 0 Å². The smallest absolute Gasteiger partial charge is 0.183 e. The minimum atomic E-state index is -7.72. The summed E-state index contributed by atoms with van der Waals surface area (Å²) in [5.41, 5.74) is 0. The third-order valence-electron chi connectivity index (χ3n) is 1.40. The molecule has 0 heterocycles. The zero-order valence-electron chi connectivity index (χ0n) is 6.98. The Morgan fingerprint density at radius 1 is 0.588 bits per heavy atom. The van der Waals surface area contributed by atoms with Gasteiger partial charge >= 0.3 is 24.4 Å². The molecule has 0 aliphatic heterocycles. The first-order chi connectivity index (χ1) is 7.00. The lowest BCUT2D eigenvalue weighted by atomic mass is 10.2. The lowest BCUT2D eigenvalue weighted by Crippen LogP contribution is -2.68. The third kappa shape index (κ3) is 2.11. The number of halogens is 12. The summed E-state index contributed by atoms with van der Waals surface area (Å²) in [5.74, 6) is -7.56. The summed E-state index contributed by atoms with van der Waals surface area (Å²) in [5, 5.41) is 0. The van der Waals surface area contributed by atoms with Crippen LogP contribution in [0.5, 0.6) is 0 Å². The number of hydrogen-bond acceptors (Lipinski definition) is 0. The van der Waals surface area contributed by atoms with Gasteiger partial charge in [0.15, 0.2) is 0 Å². The van der Waals surface area contributed by atoms with Gasteiger partial charge in [0, 0.05) is 0 Å². The molecular formula is C4F12N+. The number of rotatable bonds is 2. The van der Waals surface area contributed by atoms with E-state index in [0.29, 0.717) is 0 Å². The Morgan fingerprint density at radius 2 is 0.882 bits per heavy atom. The van der Waals surface area contributed by atoms with E-state index in [9.17, 15) is 52.9 Å². The maximum Gasteiger partial charge on any atom is 0.642 e. The lowest BCUT2D eigenvalue weighted by Gasteiger charge is -2.29. The van der Waals surface area contributed by atoms with Crippen molar-refractivity contribution in [3.05, 3.63) is 0 Å². The van der Waals surface area contributed by atoms with Gasteiger partial charge in [0.2, 0.25) is 4.93 Å². The van der Waals surface area contributed by atoms with E-state index in [-0.39, 0.29) is 0 Å². The maximum atomic E-state index is 12.0. The first-order valence-corrected chi connectivity index (χ1v) is 3.18. The van der Waals surface area contributed by atoms with Gasteiger partial charge in [0.05, 0.1) is 8.96 Å². The van der Waals surface area contributed by atoms with Gasteiger partial charge in [-0.3, -0.25) is 0 Å². The van der Waals surface area contributed by atoms with Gasteiger partial charge < -0.3 is 0 Å². The van der Waals surface area contributed by atoms with E-state index in [2.05, 4.69) is 0 Å². The van der Waals surface area contributed by atoms with Crippen LogP contribution in [0.2, 0.25) is 0 Å². The van der Waals surface area contributed by atoms with Crippen LogP contribution in [0, 0.1) is 0 Å². The van der Waals surface area contributed by atoms with E-state index in [1.807, 2.05) is 0 Å². The second-order valence-corrected chi connectivity index (χ2v) is 2.59. The predicted octanol–water partition coefficient (Wildman–Crippen LogP) is 3.88. The van der Waals surface area contributed by atoms with E-state index in [0.717, 1.165) is 0 Å². The topological polar surface area (TPSA) is 0 Å². The Hall–Kier alpha value is -0.880. The molecule has 0 aliphatic carbocycles. The summed E-state index contributed by atoms with van der Waals surface area (Å²) >= 11 is 0. The van der Waals surface area contributed by atoms with E-state index in [1.54, 1.807) is 0 Å². The summed E-state index contributed by atoms with van der Waals surface area (Å²) in [7, 11) is 0. The summed E-state index contributed by atoms with van der Waals surface area (Å²) in [6.45, 7) is 0. The zero-order chi connectivity index (χ0) is 14.5. The van der Waals surface area contributed by atoms with E-state index in [1.165, 1.54) is 0 Å². The Labute approximate surface area is 83.7 Å². The standard InChI is InChI=1S/C4F12N/c5-1(6,2(7,8)9)3(10,11)17(15,16)4(12,13)14/q+1. The highest BCUT2D eigenvalue weighted by Gasteiger charge is 2.92. The molecule has 13 heteroatoms. The fraction of sp³-hybridized carbons (Fsp3) is 1.00. The van der Waals surface area contributed by atoms with Crippen LogP contribution in [0.15, 0.2) is 0 Å². The van der Waals surface area contributed by atoms with Crippen LogP contribution in [0.4, 0.5) is 52.9 Å². The molecule has 0 atom stereocenters. The molecule has 0 aromatic rings. The SMILES string of the molecule is FC(F)(F)C(F)(F)C(F)(F)[N+](F)(F)C(F)(F)F. The Morgan fingerprint density at radius 3 is 1.06 bits per heavy atom. The van der Waals surface area contributed by atoms with Crippen molar-refractivity contribution in [2.75, 3.05) is 0 Å². The first kappa shape index (κ1) is 16.1. The van der Waals surface area contributed by atoms with Gasteiger partial charge in [0.25, 0.3) is 0 Å². The quantitative estimate of drug-likeness (QED) is 0.411. The van der Waals surface area contributed by atoms with Crippen molar-refractivity contribution in [1.29, 1.82) is 0 Å². The molecule has 0 saturated carbocycles. The van der Waals surface area contributed by atoms with E-state index >= 15 is 0 Å². The second kappa shape index (κ2) is 3.55. The normalized spacial score (nSPS) is 16.2. The number of alkyl halides is 10. The van der Waals surface area contributed by atoms with Gasteiger partial charge in [-0.1, -0.05) is 0 Å². The Bertz CT molecular complexity index is 254. The lowest BCUT2D eigenvalue weighted by molar-refractivity contribution is -1.29. The van der Waals surface area contributed by atoms with E-state index < -0.39 is 29.4 Å². The summed E-state index contributed by atoms with van der Waals surface area (Å²) in [6.07, 6.45) is -14.6. The molecular weight excluding hydrogens is 290 g/mol. The molecule has 0 aliphatic rings. The van der Waals surface area contributed by atoms with Crippen molar-refractivity contribution in [2.45, 2.75) is 24.4 Å². The molecule has 0 radical (unpaired) electrons. The highest BCUT2D eigenvalue weighted by atomic mass is 19.5. The molecule has 0 aromatic carbocycles. The molecule has 0 rings (SSSR count). The molecule has 0 spiro atoms. The summed E-state index contributed by atoms with van der Waals surface area (Å²) in [4.78, 5) is -6.79. The molecule has 0 amide bonds. The van der Waals surface area contributed by atoms with Crippen molar-refractivity contribution in [1.82, 2.24) is 0 Å². The molecule has 0 saturated heterocycles. The molecule has 0 aromatic heterocycles. The molecule has 0 N–H and O–H groups in total. The van der Waals surface area contributed by atoms with Gasteiger partial charge in [-0.05, 0) is 0 Å². The van der Waals surface area contributed by atoms with Crippen LogP contribution >= 0.6 is 0 Å². The van der Waals surface area contributed by atoms with Crippen molar-refractivity contribution in [3.63, 3.8) is 0 Å². The second-order valence-electron chi connectivity index (χ2n) is 2.59. The van der Waals surface area contributed by atoms with Crippen LogP contribution in [-0.4, -0.2) is 29.4 Å². The summed E-state index contributed by atoms with van der Waals surface area (Å²) in [6, 6.07) is -7.72. The number of nitrogens with zero attached hydrogens (tertiary/aromatic N) is 1. The van der Waals surface area contributed by atoms with Gasteiger partial charge in [-0.2, -0.15) is 22.0 Å². The molecule has 0 fully saturated rings. The molecule has 0 unspecified atom stereocenters.